The third kappa shape index (κ3) is 2.67. The van der Waals surface area contributed by atoms with Gasteiger partial charge in [0, 0.05) is 16.7 Å². The Bertz CT molecular complexity index is 1050. The first-order valence-corrected chi connectivity index (χ1v) is 10.4. The summed E-state index contributed by atoms with van der Waals surface area (Å²) in [5, 5.41) is 7.30. The molecule has 0 amide bonds. The second kappa shape index (κ2) is 6.26. The number of thiophene rings is 1. The van der Waals surface area contributed by atoms with E-state index in [-0.39, 0.29) is 0 Å². The Labute approximate surface area is 158 Å². The van der Waals surface area contributed by atoms with E-state index in [9.17, 15) is 0 Å². The standard InChI is InChI=1S/C19H17N3O2S2/c20-19(8-4-9-19)18-21-17(24-22-18)16-13(11-26-15-7-3-10-25-15)12-5-1-2-6-14(12)23-16/h1-3,5-7,10H,4,8-9,11,20H2. The van der Waals surface area contributed by atoms with E-state index < -0.39 is 5.54 Å². The molecule has 0 atom stereocenters. The summed E-state index contributed by atoms with van der Waals surface area (Å²) in [6, 6.07) is 12.2. The van der Waals surface area contributed by atoms with Crippen molar-refractivity contribution in [1.82, 2.24) is 10.1 Å². The lowest BCUT2D eigenvalue weighted by Gasteiger charge is -2.34. The third-order valence-corrected chi connectivity index (χ3v) is 7.02. The van der Waals surface area contributed by atoms with Crippen LogP contribution in [-0.4, -0.2) is 10.1 Å². The molecule has 5 nitrogen and oxygen atoms in total. The number of furan rings is 1. The Morgan fingerprint density at radius 3 is 2.85 bits per heavy atom. The first kappa shape index (κ1) is 16.1. The van der Waals surface area contributed by atoms with Gasteiger partial charge in [-0.1, -0.05) is 29.4 Å². The van der Waals surface area contributed by atoms with Gasteiger partial charge in [0.05, 0.1) is 9.75 Å². The monoisotopic (exact) mass is 383 g/mol. The molecule has 3 heterocycles. The van der Waals surface area contributed by atoms with E-state index in [1.165, 1.54) is 4.21 Å². The molecule has 3 aromatic heterocycles. The second-order valence-corrected chi connectivity index (χ2v) is 8.78. The first-order valence-electron chi connectivity index (χ1n) is 8.53. The number of thioether (sulfide) groups is 1. The molecule has 132 valence electrons. The van der Waals surface area contributed by atoms with Crippen molar-refractivity contribution < 1.29 is 8.94 Å². The summed E-state index contributed by atoms with van der Waals surface area (Å²) in [5.41, 5.74) is 7.79. The van der Waals surface area contributed by atoms with Crippen molar-refractivity contribution in [1.29, 1.82) is 0 Å². The van der Waals surface area contributed by atoms with Crippen LogP contribution in [0.3, 0.4) is 0 Å². The van der Waals surface area contributed by atoms with Crippen LogP contribution in [0.4, 0.5) is 0 Å². The van der Waals surface area contributed by atoms with Crippen LogP contribution in [0, 0.1) is 0 Å². The van der Waals surface area contributed by atoms with Crippen LogP contribution in [0.1, 0.15) is 30.7 Å². The number of aromatic nitrogens is 2. The van der Waals surface area contributed by atoms with Crippen molar-refractivity contribution in [3.8, 4) is 11.7 Å². The molecule has 0 saturated heterocycles. The lowest BCUT2D eigenvalue weighted by atomic mass is 9.77. The summed E-state index contributed by atoms with van der Waals surface area (Å²) in [5.74, 6) is 2.42. The molecular formula is C19H17N3O2S2. The second-order valence-electron chi connectivity index (χ2n) is 6.56. The Balaban J connectivity index is 1.55. The highest BCUT2D eigenvalue weighted by Gasteiger charge is 2.39. The maximum Gasteiger partial charge on any atom is 0.294 e. The number of hydrogen-bond donors (Lipinski definition) is 1. The van der Waals surface area contributed by atoms with Crippen molar-refractivity contribution in [2.24, 2.45) is 5.73 Å². The minimum absolute atomic E-state index is 0.412. The fourth-order valence-electron chi connectivity index (χ4n) is 3.20. The molecule has 26 heavy (non-hydrogen) atoms. The van der Waals surface area contributed by atoms with Crippen molar-refractivity contribution in [3.05, 3.63) is 53.2 Å². The lowest BCUT2D eigenvalue weighted by molar-refractivity contribution is 0.229. The summed E-state index contributed by atoms with van der Waals surface area (Å²) in [6.07, 6.45) is 2.90. The maximum absolute atomic E-state index is 6.33. The van der Waals surface area contributed by atoms with E-state index in [1.54, 1.807) is 23.1 Å². The normalized spacial score (nSPS) is 16.0. The quantitative estimate of drug-likeness (QED) is 0.479. The molecule has 0 radical (unpaired) electrons. The zero-order valence-electron chi connectivity index (χ0n) is 14.0. The largest absolute Gasteiger partial charge is 0.451 e. The number of benzene rings is 1. The van der Waals surface area contributed by atoms with Gasteiger partial charge in [-0.25, -0.2) is 0 Å². The van der Waals surface area contributed by atoms with Crippen LogP contribution in [0.5, 0.6) is 0 Å². The summed E-state index contributed by atoms with van der Waals surface area (Å²) in [7, 11) is 0. The van der Waals surface area contributed by atoms with E-state index in [0.29, 0.717) is 17.5 Å². The number of hydrogen-bond acceptors (Lipinski definition) is 7. The van der Waals surface area contributed by atoms with Gasteiger partial charge >= 0.3 is 0 Å². The van der Waals surface area contributed by atoms with Crippen LogP contribution in [-0.2, 0) is 11.3 Å². The Morgan fingerprint density at radius 1 is 1.19 bits per heavy atom. The number of fused-ring (bicyclic) bond motifs is 1. The lowest BCUT2D eigenvalue weighted by Crippen LogP contribution is -2.44. The number of para-hydroxylation sites is 1. The molecule has 1 aliphatic carbocycles. The molecule has 5 rings (SSSR count). The van der Waals surface area contributed by atoms with Gasteiger partial charge in [0.15, 0.2) is 11.6 Å². The van der Waals surface area contributed by atoms with Crippen molar-refractivity contribution in [2.45, 2.75) is 34.8 Å². The highest BCUT2D eigenvalue weighted by atomic mass is 32.2. The SMILES string of the molecule is NC1(c2noc(-c3oc4ccccc4c3CSc3cccs3)n2)CCC1. The fourth-order valence-corrected chi connectivity index (χ4v) is 5.01. The zero-order chi connectivity index (χ0) is 17.6. The fraction of sp³-hybridized carbons (Fsp3) is 0.263. The summed E-state index contributed by atoms with van der Waals surface area (Å²) < 4.78 is 12.9. The van der Waals surface area contributed by atoms with Crippen molar-refractivity contribution in [2.75, 3.05) is 0 Å². The molecule has 7 heteroatoms. The van der Waals surface area contributed by atoms with E-state index in [1.807, 2.05) is 18.2 Å². The summed E-state index contributed by atoms with van der Waals surface area (Å²) in [6.45, 7) is 0. The van der Waals surface area contributed by atoms with Crippen LogP contribution >= 0.6 is 23.1 Å². The van der Waals surface area contributed by atoms with Gasteiger partial charge < -0.3 is 14.7 Å². The van der Waals surface area contributed by atoms with E-state index in [4.69, 9.17) is 14.7 Å². The Kier molecular flexibility index (Phi) is 3.88. The molecule has 0 bridgehead atoms. The molecule has 0 spiro atoms. The smallest absolute Gasteiger partial charge is 0.294 e. The molecule has 0 unspecified atom stereocenters. The molecule has 1 aliphatic rings. The van der Waals surface area contributed by atoms with Crippen LogP contribution in [0.25, 0.3) is 22.6 Å². The van der Waals surface area contributed by atoms with Crippen LogP contribution < -0.4 is 5.73 Å². The first-order chi connectivity index (χ1) is 12.7. The average molecular weight is 383 g/mol. The molecule has 1 fully saturated rings. The van der Waals surface area contributed by atoms with Gasteiger partial charge in [-0.3, -0.25) is 0 Å². The summed E-state index contributed by atoms with van der Waals surface area (Å²) >= 11 is 3.51. The van der Waals surface area contributed by atoms with Crippen molar-refractivity contribution in [3.63, 3.8) is 0 Å². The highest BCUT2D eigenvalue weighted by Crippen LogP contribution is 2.40. The average Bonchev–Trinajstić information content (AvgIpc) is 3.36. The number of rotatable bonds is 5. The van der Waals surface area contributed by atoms with Gasteiger partial charge in [-0.2, -0.15) is 4.98 Å². The van der Waals surface area contributed by atoms with Gasteiger partial charge in [0.1, 0.15) is 5.58 Å². The van der Waals surface area contributed by atoms with Gasteiger partial charge in [-0.15, -0.1) is 23.1 Å². The van der Waals surface area contributed by atoms with Crippen molar-refractivity contribution >= 4 is 34.1 Å². The van der Waals surface area contributed by atoms with E-state index in [0.717, 1.165) is 41.5 Å². The van der Waals surface area contributed by atoms with Crippen LogP contribution in [0.15, 0.2) is 54.9 Å². The molecule has 2 N–H and O–H groups in total. The molecule has 0 aliphatic heterocycles. The van der Waals surface area contributed by atoms with Gasteiger partial charge in [0.25, 0.3) is 5.89 Å². The number of nitrogens with zero attached hydrogens (tertiary/aromatic N) is 2. The van der Waals surface area contributed by atoms with E-state index in [2.05, 4.69) is 33.7 Å². The number of nitrogens with two attached hydrogens (primary N) is 1. The Hall–Kier alpha value is -2.09. The maximum atomic E-state index is 6.33. The highest BCUT2D eigenvalue weighted by molar-refractivity contribution is 8.00. The summed E-state index contributed by atoms with van der Waals surface area (Å²) in [4.78, 5) is 4.57. The topological polar surface area (TPSA) is 78.1 Å². The van der Waals surface area contributed by atoms with Crippen LogP contribution in [0.2, 0.25) is 0 Å². The third-order valence-electron chi connectivity index (χ3n) is 4.86. The van der Waals surface area contributed by atoms with Gasteiger partial charge in [0.2, 0.25) is 0 Å². The predicted octanol–water partition coefficient (Wildman–Crippen LogP) is 5.17. The zero-order valence-corrected chi connectivity index (χ0v) is 15.6. The minimum atomic E-state index is -0.445. The Morgan fingerprint density at radius 2 is 2.08 bits per heavy atom. The van der Waals surface area contributed by atoms with E-state index >= 15 is 0 Å². The molecule has 4 aromatic rings. The molecular weight excluding hydrogens is 366 g/mol. The van der Waals surface area contributed by atoms with Gasteiger partial charge in [-0.05, 0) is 36.8 Å². The predicted molar refractivity (Wildman–Crippen MR) is 103 cm³/mol. The molecule has 1 aromatic carbocycles. The molecule has 1 saturated carbocycles. The minimum Gasteiger partial charge on any atom is -0.451 e.